The molecule has 0 atom stereocenters. The molecule has 0 spiro atoms. The number of aliphatic carboxylic acids is 1. The van der Waals surface area contributed by atoms with Crippen LogP contribution in [0.5, 0.6) is 11.5 Å². The Hall–Kier alpha value is -3.02. The minimum atomic E-state index is -1.04. The molecule has 0 bridgehead atoms. The van der Waals surface area contributed by atoms with Gasteiger partial charge in [-0.25, -0.2) is 4.79 Å². The normalized spacial score (nSPS) is 10.3. The number of carboxylic acids is 1. The van der Waals surface area contributed by atoms with Crippen LogP contribution in [0.15, 0.2) is 42.5 Å². The number of nitrogens with zero attached hydrogens (tertiary/aromatic N) is 1. The summed E-state index contributed by atoms with van der Waals surface area (Å²) < 4.78 is 10.9. The van der Waals surface area contributed by atoms with Gasteiger partial charge in [0.1, 0.15) is 11.5 Å². The van der Waals surface area contributed by atoms with E-state index < -0.39 is 12.6 Å². The molecule has 1 N–H and O–H groups in total. The lowest BCUT2D eigenvalue weighted by atomic mass is 10.0. The first-order chi connectivity index (χ1) is 12.9. The summed E-state index contributed by atoms with van der Waals surface area (Å²) in [4.78, 5) is 25.0. The Morgan fingerprint density at radius 2 is 1.67 bits per heavy atom. The minimum Gasteiger partial charge on any atom is -0.494 e. The predicted octanol–water partition coefficient (Wildman–Crippen LogP) is 3.31. The molecule has 0 heterocycles. The largest absolute Gasteiger partial charge is 0.494 e. The van der Waals surface area contributed by atoms with Crippen molar-refractivity contribution in [3.05, 3.63) is 59.2 Å². The van der Waals surface area contributed by atoms with Crippen LogP contribution in [-0.4, -0.2) is 48.7 Å². The van der Waals surface area contributed by atoms with Crippen LogP contribution < -0.4 is 9.47 Å². The zero-order chi connectivity index (χ0) is 19.8. The van der Waals surface area contributed by atoms with E-state index in [0.29, 0.717) is 24.5 Å². The molecule has 144 valence electrons. The summed E-state index contributed by atoms with van der Waals surface area (Å²) in [6.07, 6.45) is 0.717. The van der Waals surface area contributed by atoms with Crippen LogP contribution in [0.1, 0.15) is 27.9 Å². The third-order valence-corrected chi connectivity index (χ3v) is 4.04. The summed E-state index contributed by atoms with van der Waals surface area (Å²) >= 11 is 0. The molecule has 0 saturated carbocycles. The monoisotopic (exact) mass is 371 g/mol. The third kappa shape index (κ3) is 6.02. The molecule has 6 heteroatoms. The molecule has 27 heavy (non-hydrogen) atoms. The maximum atomic E-state index is 12.6. The smallest absolute Gasteiger partial charge is 0.341 e. The van der Waals surface area contributed by atoms with Crippen LogP contribution in [0.2, 0.25) is 0 Å². The number of rotatable bonds is 9. The van der Waals surface area contributed by atoms with Crippen LogP contribution in [0, 0.1) is 13.8 Å². The van der Waals surface area contributed by atoms with Crippen molar-refractivity contribution < 1.29 is 24.2 Å². The van der Waals surface area contributed by atoms with E-state index in [0.717, 1.165) is 23.3 Å². The van der Waals surface area contributed by atoms with E-state index in [-0.39, 0.29) is 5.91 Å². The number of carbonyl (C=O) groups is 2. The number of aryl methyl sites for hydroxylation is 2. The molecular weight excluding hydrogens is 346 g/mol. The number of carboxylic acid groups (broad SMARTS) is 1. The molecule has 2 aromatic rings. The molecular formula is C21H25NO5. The Kier molecular flexibility index (Phi) is 7.23. The fourth-order valence-corrected chi connectivity index (χ4v) is 2.77. The van der Waals surface area contributed by atoms with Gasteiger partial charge in [-0.15, -0.1) is 0 Å². The average Bonchev–Trinajstić information content (AvgIpc) is 2.64. The summed E-state index contributed by atoms with van der Waals surface area (Å²) in [6, 6.07) is 13.0. The molecule has 0 fully saturated rings. The van der Waals surface area contributed by atoms with Gasteiger partial charge in [-0.05, 0) is 55.7 Å². The molecule has 0 aromatic heterocycles. The summed E-state index contributed by atoms with van der Waals surface area (Å²) in [5.41, 5.74) is 2.03. The highest BCUT2D eigenvalue weighted by Gasteiger charge is 2.16. The molecule has 1 amide bonds. The standard InChI is InChI=1S/C21H25NO5/c1-15-12-17(13-16(2)20(15)27-14-19(23)24)21(25)22(3)10-7-11-26-18-8-5-4-6-9-18/h4-6,8-9,12-13H,7,10-11,14H2,1-3H3,(H,23,24). The molecule has 0 saturated heterocycles. The minimum absolute atomic E-state index is 0.0919. The van der Waals surface area contributed by atoms with Crippen LogP contribution in [0.25, 0.3) is 0 Å². The molecule has 6 nitrogen and oxygen atoms in total. The highest BCUT2D eigenvalue weighted by atomic mass is 16.5. The van der Waals surface area contributed by atoms with Gasteiger partial charge in [0.15, 0.2) is 6.61 Å². The first-order valence-corrected chi connectivity index (χ1v) is 8.77. The third-order valence-electron chi connectivity index (χ3n) is 4.04. The van der Waals surface area contributed by atoms with Gasteiger partial charge in [0, 0.05) is 19.2 Å². The predicted molar refractivity (Wildman–Crippen MR) is 103 cm³/mol. The number of carbonyl (C=O) groups excluding carboxylic acids is 1. The van der Waals surface area contributed by atoms with Crippen molar-refractivity contribution in [2.75, 3.05) is 26.8 Å². The lowest BCUT2D eigenvalue weighted by Gasteiger charge is -2.19. The first-order valence-electron chi connectivity index (χ1n) is 8.77. The number of amides is 1. The second kappa shape index (κ2) is 9.62. The maximum absolute atomic E-state index is 12.6. The Morgan fingerprint density at radius 1 is 1.04 bits per heavy atom. The highest BCUT2D eigenvalue weighted by Crippen LogP contribution is 2.25. The van der Waals surface area contributed by atoms with Crippen LogP contribution in [0.3, 0.4) is 0 Å². The fourth-order valence-electron chi connectivity index (χ4n) is 2.77. The van der Waals surface area contributed by atoms with Crippen molar-refractivity contribution >= 4 is 11.9 Å². The molecule has 2 rings (SSSR count). The van der Waals surface area contributed by atoms with E-state index >= 15 is 0 Å². The first kappa shape index (κ1) is 20.3. The number of hydrogen-bond donors (Lipinski definition) is 1. The van der Waals surface area contributed by atoms with Crippen LogP contribution >= 0.6 is 0 Å². The van der Waals surface area contributed by atoms with Gasteiger partial charge in [-0.1, -0.05) is 18.2 Å². The highest BCUT2D eigenvalue weighted by molar-refractivity contribution is 5.94. The number of ether oxygens (including phenoxy) is 2. The average molecular weight is 371 g/mol. The number of para-hydroxylation sites is 1. The lowest BCUT2D eigenvalue weighted by Crippen LogP contribution is -2.28. The lowest BCUT2D eigenvalue weighted by molar-refractivity contribution is -0.139. The van der Waals surface area contributed by atoms with Gasteiger partial charge in [-0.2, -0.15) is 0 Å². The zero-order valence-corrected chi connectivity index (χ0v) is 15.9. The van der Waals surface area contributed by atoms with Crippen molar-refractivity contribution in [2.24, 2.45) is 0 Å². The fraction of sp³-hybridized carbons (Fsp3) is 0.333. The van der Waals surface area contributed by atoms with Gasteiger partial charge in [0.05, 0.1) is 6.61 Å². The van der Waals surface area contributed by atoms with Crippen molar-refractivity contribution in [3.63, 3.8) is 0 Å². The quantitative estimate of drug-likeness (QED) is 0.685. The van der Waals surface area contributed by atoms with Gasteiger partial charge >= 0.3 is 5.97 Å². The Balaban J connectivity index is 1.90. The summed E-state index contributed by atoms with van der Waals surface area (Å²) in [7, 11) is 1.75. The molecule has 0 unspecified atom stereocenters. The van der Waals surface area contributed by atoms with Gasteiger partial charge in [0.25, 0.3) is 5.91 Å². The summed E-state index contributed by atoms with van der Waals surface area (Å²) in [5.74, 6) is 0.194. The maximum Gasteiger partial charge on any atom is 0.341 e. The Labute approximate surface area is 159 Å². The molecule has 0 aliphatic rings. The number of hydrogen-bond acceptors (Lipinski definition) is 4. The topological polar surface area (TPSA) is 76.1 Å². The van der Waals surface area contributed by atoms with Gasteiger partial charge in [0.2, 0.25) is 0 Å². The van der Waals surface area contributed by atoms with E-state index in [4.69, 9.17) is 14.6 Å². The molecule has 0 aliphatic carbocycles. The number of benzene rings is 2. The van der Waals surface area contributed by atoms with E-state index in [1.807, 2.05) is 30.3 Å². The van der Waals surface area contributed by atoms with Gasteiger partial charge < -0.3 is 19.5 Å². The zero-order valence-electron chi connectivity index (χ0n) is 15.9. The SMILES string of the molecule is Cc1cc(C(=O)N(C)CCCOc2ccccc2)cc(C)c1OCC(=O)O. The second-order valence-electron chi connectivity index (χ2n) is 6.36. The molecule has 0 aliphatic heterocycles. The Bertz CT molecular complexity index is 765. The van der Waals surface area contributed by atoms with Crippen LogP contribution in [0.4, 0.5) is 0 Å². The molecule has 0 radical (unpaired) electrons. The van der Waals surface area contributed by atoms with Crippen molar-refractivity contribution in [2.45, 2.75) is 20.3 Å². The summed E-state index contributed by atoms with van der Waals surface area (Å²) in [5, 5.41) is 8.75. The van der Waals surface area contributed by atoms with E-state index in [9.17, 15) is 9.59 Å². The summed E-state index contributed by atoms with van der Waals surface area (Å²) in [6.45, 7) is 4.29. The Morgan fingerprint density at radius 3 is 2.26 bits per heavy atom. The second-order valence-corrected chi connectivity index (χ2v) is 6.36. The van der Waals surface area contributed by atoms with E-state index in [1.54, 1.807) is 37.9 Å². The van der Waals surface area contributed by atoms with Crippen molar-refractivity contribution in [3.8, 4) is 11.5 Å². The van der Waals surface area contributed by atoms with Crippen molar-refractivity contribution in [1.29, 1.82) is 0 Å². The van der Waals surface area contributed by atoms with E-state index in [2.05, 4.69) is 0 Å². The van der Waals surface area contributed by atoms with E-state index in [1.165, 1.54) is 0 Å². The van der Waals surface area contributed by atoms with Crippen molar-refractivity contribution in [1.82, 2.24) is 4.90 Å². The molecule has 2 aromatic carbocycles. The van der Waals surface area contributed by atoms with Gasteiger partial charge in [-0.3, -0.25) is 4.79 Å². The van der Waals surface area contributed by atoms with Crippen LogP contribution in [-0.2, 0) is 4.79 Å².